The molecule has 12 heteroatoms. The highest BCUT2D eigenvalue weighted by atomic mass is 35.5. The summed E-state index contributed by atoms with van der Waals surface area (Å²) in [6.45, 7) is 2.78. The highest BCUT2D eigenvalue weighted by Gasteiger charge is 2.30. The second kappa shape index (κ2) is 13.6. The van der Waals surface area contributed by atoms with E-state index in [1.54, 1.807) is 19.2 Å². The second-order valence-corrected chi connectivity index (χ2v) is 10.8. The van der Waals surface area contributed by atoms with Crippen LogP contribution in [-0.2, 0) is 4.79 Å². The van der Waals surface area contributed by atoms with Gasteiger partial charge in [0.2, 0.25) is 5.91 Å². The van der Waals surface area contributed by atoms with Gasteiger partial charge in [0.25, 0.3) is 5.91 Å². The SMILES string of the molecule is COc1ccc2c(c1)C(c1ccc(Cl)cc1)=NC(CC(=O)NCCCCCNC(=O)c1ccc(O)c(O)c1)c1nnc(C)n1-2. The lowest BCUT2D eigenvalue weighted by Crippen LogP contribution is -2.27. The molecule has 1 aliphatic rings. The van der Waals surface area contributed by atoms with Crippen molar-refractivity contribution in [1.29, 1.82) is 0 Å². The zero-order chi connectivity index (χ0) is 31.2. The van der Waals surface area contributed by atoms with Crippen molar-refractivity contribution in [3.05, 3.63) is 94.0 Å². The van der Waals surface area contributed by atoms with E-state index in [2.05, 4.69) is 20.8 Å². The molecule has 0 fully saturated rings. The van der Waals surface area contributed by atoms with Gasteiger partial charge in [-0.25, -0.2) is 0 Å². The molecular weight excluding hydrogens is 584 g/mol. The number of nitrogens with zero attached hydrogens (tertiary/aromatic N) is 4. The Hall–Kier alpha value is -4.90. The summed E-state index contributed by atoms with van der Waals surface area (Å²) in [6.07, 6.45) is 2.31. The molecule has 44 heavy (non-hydrogen) atoms. The number of hydrogen-bond acceptors (Lipinski definition) is 8. The number of nitrogens with one attached hydrogen (secondary N) is 2. The number of amides is 2. The first-order valence-electron chi connectivity index (χ1n) is 14.3. The number of carbonyl (C=O) groups excluding carboxylic acids is 2. The van der Waals surface area contributed by atoms with E-state index in [0.717, 1.165) is 29.7 Å². The molecule has 0 saturated heterocycles. The lowest BCUT2D eigenvalue weighted by molar-refractivity contribution is -0.121. The Morgan fingerprint density at radius 2 is 1.68 bits per heavy atom. The van der Waals surface area contributed by atoms with Crippen LogP contribution in [0.5, 0.6) is 17.2 Å². The number of halogens is 1. The Bertz CT molecular complexity index is 1700. The van der Waals surface area contributed by atoms with Crippen LogP contribution in [-0.4, -0.2) is 62.7 Å². The van der Waals surface area contributed by atoms with Crippen molar-refractivity contribution in [3.8, 4) is 22.9 Å². The number of aryl methyl sites for hydroxylation is 1. The van der Waals surface area contributed by atoms with Gasteiger partial charge >= 0.3 is 0 Å². The molecule has 1 aliphatic heterocycles. The fourth-order valence-corrected chi connectivity index (χ4v) is 5.17. The minimum Gasteiger partial charge on any atom is -0.504 e. The molecule has 228 valence electrons. The predicted octanol–water partition coefficient (Wildman–Crippen LogP) is 4.65. The van der Waals surface area contributed by atoms with Gasteiger partial charge in [-0.3, -0.25) is 19.1 Å². The third-order valence-electron chi connectivity index (χ3n) is 7.33. The number of carbonyl (C=O) groups is 2. The Morgan fingerprint density at radius 1 is 0.932 bits per heavy atom. The molecule has 0 saturated carbocycles. The van der Waals surface area contributed by atoms with Crippen LogP contribution in [0.15, 0.2) is 65.7 Å². The number of aromatic nitrogens is 3. The summed E-state index contributed by atoms with van der Waals surface area (Å²) in [7, 11) is 1.61. The Morgan fingerprint density at radius 3 is 2.41 bits per heavy atom. The first-order chi connectivity index (χ1) is 21.2. The van der Waals surface area contributed by atoms with Gasteiger partial charge < -0.3 is 25.6 Å². The van der Waals surface area contributed by atoms with Crippen LogP contribution in [0.2, 0.25) is 5.02 Å². The minimum atomic E-state index is -0.588. The van der Waals surface area contributed by atoms with Crippen LogP contribution in [0, 0.1) is 6.92 Å². The first kappa shape index (κ1) is 30.6. The van der Waals surface area contributed by atoms with Gasteiger partial charge in [-0.15, -0.1) is 10.2 Å². The van der Waals surface area contributed by atoms with Crippen molar-refractivity contribution in [1.82, 2.24) is 25.4 Å². The van der Waals surface area contributed by atoms with Crippen LogP contribution < -0.4 is 15.4 Å². The number of ether oxygens (including phenoxy) is 1. The zero-order valence-electron chi connectivity index (χ0n) is 24.4. The standard InChI is InChI=1S/C32H33ClN6O5/c1-19-37-38-31-25(18-29(42)34-14-4-3-5-15-35-32(43)21-8-13-27(40)28(41)16-21)36-30(20-6-9-22(33)10-7-20)24-17-23(44-2)11-12-26(24)39(19)31/h6-13,16-17,25,40-41H,3-5,14-15,18H2,1-2H3,(H,34,42)(H,35,43). The summed E-state index contributed by atoms with van der Waals surface area (Å²) in [5.41, 5.74) is 3.48. The molecule has 1 unspecified atom stereocenters. The number of rotatable bonds is 11. The number of phenols is 2. The maximum Gasteiger partial charge on any atom is 0.251 e. The number of benzene rings is 3. The number of hydrogen-bond donors (Lipinski definition) is 4. The highest BCUT2D eigenvalue weighted by molar-refractivity contribution is 6.30. The number of unbranched alkanes of at least 4 members (excludes halogenated alkanes) is 2. The largest absolute Gasteiger partial charge is 0.504 e. The van der Waals surface area contributed by atoms with E-state index in [1.165, 1.54) is 18.2 Å². The van der Waals surface area contributed by atoms with Crippen molar-refractivity contribution in [3.63, 3.8) is 0 Å². The number of fused-ring (bicyclic) bond motifs is 3. The first-order valence-corrected chi connectivity index (χ1v) is 14.6. The molecule has 0 spiro atoms. The normalized spacial score (nSPS) is 13.7. The van der Waals surface area contributed by atoms with E-state index in [1.807, 2.05) is 41.8 Å². The van der Waals surface area contributed by atoms with E-state index in [4.69, 9.17) is 21.3 Å². The van der Waals surface area contributed by atoms with Gasteiger partial charge in [-0.1, -0.05) is 23.7 Å². The van der Waals surface area contributed by atoms with Gasteiger partial charge in [-0.2, -0.15) is 0 Å². The van der Waals surface area contributed by atoms with E-state index in [0.29, 0.717) is 47.6 Å². The molecule has 0 radical (unpaired) electrons. The van der Waals surface area contributed by atoms with E-state index >= 15 is 0 Å². The van der Waals surface area contributed by atoms with Crippen LogP contribution in [0.25, 0.3) is 5.69 Å². The van der Waals surface area contributed by atoms with E-state index in [9.17, 15) is 19.8 Å². The van der Waals surface area contributed by atoms with E-state index < -0.39 is 6.04 Å². The summed E-state index contributed by atoms with van der Waals surface area (Å²) >= 11 is 6.17. The van der Waals surface area contributed by atoms with Gasteiger partial charge in [0.05, 0.1) is 24.9 Å². The number of methoxy groups -OCH3 is 1. The molecule has 1 aromatic heterocycles. The summed E-state index contributed by atoms with van der Waals surface area (Å²) in [4.78, 5) is 30.4. The molecule has 11 nitrogen and oxygen atoms in total. The number of aliphatic imine (C=N–C) groups is 1. The topological polar surface area (TPSA) is 151 Å². The van der Waals surface area contributed by atoms with Gasteiger partial charge in [-0.05, 0) is 74.7 Å². The fraction of sp³-hybridized carbons (Fsp3) is 0.281. The van der Waals surface area contributed by atoms with Crippen molar-refractivity contribution in [2.24, 2.45) is 4.99 Å². The van der Waals surface area contributed by atoms with Gasteiger partial charge in [0.1, 0.15) is 17.6 Å². The minimum absolute atomic E-state index is 0.0792. The highest BCUT2D eigenvalue weighted by Crippen LogP contribution is 2.34. The van der Waals surface area contributed by atoms with Crippen LogP contribution in [0.1, 0.15) is 64.9 Å². The van der Waals surface area contributed by atoms with Crippen molar-refractivity contribution in [2.45, 2.75) is 38.6 Å². The predicted molar refractivity (Wildman–Crippen MR) is 166 cm³/mol. The van der Waals surface area contributed by atoms with Crippen LogP contribution in [0.3, 0.4) is 0 Å². The quantitative estimate of drug-likeness (QED) is 0.141. The average Bonchev–Trinajstić information content (AvgIpc) is 3.34. The molecule has 3 aromatic carbocycles. The van der Waals surface area contributed by atoms with Crippen molar-refractivity contribution < 1.29 is 24.5 Å². The summed E-state index contributed by atoms with van der Waals surface area (Å²) in [5.74, 6) is 0.811. The number of aromatic hydroxyl groups is 2. The summed E-state index contributed by atoms with van der Waals surface area (Å²) in [5, 5.41) is 34.1. The summed E-state index contributed by atoms with van der Waals surface area (Å²) in [6, 6.07) is 16.5. The Labute approximate surface area is 259 Å². The molecule has 2 amide bonds. The second-order valence-electron chi connectivity index (χ2n) is 10.4. The lowest BCUT2D eigenvalue weighted by Gasteiger charge is -2.14. The van der Waals surface area contributed by atoms with E-state index in [-0.39, 0.29) is 35.3 Å². The lowest BCUT2D eigenvalue weighted by atomic mass is 10.00. The Balaban J connectivity index is 1.22. The average molecular weight is 617 g/mol. The molecular formula is C32H33ClN6O5. The maximum absolute atomic E-state index is 13.1. The smallest absolute Gasteiger partial charge is 0.251 e. The molecule has 0 bridgehead atoms. The molecule has 5 rings (SSSR count). The van der Waals surface area contributed by atoms with Gasteiger partial charge in [0.15, 0.2) is 17.3 Å². The summed E-state index contributed by atoms with van der Waals surface area (Å²) < 4.78 is 7.45. The third-order valence-corrected chi connectivity index (χ3v) is 7.58. The van der Waals surface area contributed by atoms with Crippen LogP contribution in [0.4, 0.5) is 0 Å². The number of phenolic OH excluding ortho intramolecular Hbond substituents is 2. The molecule has 0 aliphatic carbocycles. The maximum atomic E-state index is 13.1. The Kier molecular flexibility index (Phi) is 9.44. The fourth-order valence-electron chi connectivity index (χ4n) is 5.05. The van der Waals surface area contributed by atoms with Crippen LogP contribution >= 0.6 is 11.6 Å². The third kappa shape index (κ3) is 6.84. The molecule has 4 N–H and O–H groups in total. The van der Waals surface area contributed by atoms with Crippen molar-refractivity contribution in [2.75, 3.05) is 20.2 Å². The molecule has 1 atom stereocenters. The molecule has 2 heterocycles. The zero-order valence-corrected chi connectivity index (χ0v) is 25.1. The van der Waals surface area contributed by atoms with Gasteiger partial charge in [0, 0.05) is 34.8 Å². The molecule has 4 aromatic rings. The van der Waals surface area contributed by atoms with Crippen molar-refractivity contribution >= 4 is 29.1 Å². The monoisotopic (exact) mass is 616 g/mol.